The van der Waals surface area contributed by atoms with Crippen molar-refractivity contribution in [1.29, 1.82) is 0 Å². The number of rotatable bonds is 2. The van der Waals surface area contributed by atoms with E-state index in [2.05, 4.69) is 19.0 Å². The molecular formula is C12H12ClNO. The molecule has 0 atom stereocenters. The van der Waals surface area contributed by atoms with Crippen LogP contribution in [-0.2, 0) is 0 Å². The largest absolute Gasteiger partial charge is 0.356 e. The Kier molecular flexibility index (Phi) is 2.78. The number of hydrogen-bond donors (Lipinski definition) is 0. The van der Waals surface area contributed by atoms with Gasteiger partial charge < -0.3 is 4.52 Å². The molecule has 15 heavy (non-hydrogen) atoms. The Balaban J connectivity index is 2.37. The van der Waals surface area contributed by atoms with Crippen LogP contribution in [0.5, 0.6) is 0 Å². The smallest absolute Gasteiger partial charge is 0.167 e. The second-order valence-corrected chi connectivity index (χ2v) is 4.22. The van der Waals surface area contributed by atoms with Gasteiger partial charge in [0.2, 0.25) is 0 Å². The van der Waals surface area contributed by atoms with Gasteiger partial charge in [-0.15, -0.1) is 0 Å². The fourth-order valence-electron chi connectivity index (χ4n) is 1.34. The zero-order valence-corrected chi connectivity index (χ0v) is 9.45. The third-order valence-electron chi connectivity index (χ3n) is 2.23. The minimum absolute atomic E-state index is 0.377. The van der Waals surface area contributed by atoms with Gasteiger partial charge in [-0.1, -0.05) is 42.7 Å². The second-order valence-electron chi connectivity index (χ2n) is 3.78. The van der Waals surface area contributed by atoms with E-state index in [-0.39, 0.29) is 0 Å². The normalized spacial score (nSPS) is 10.9. The van der Waals surface area contributed by atoms with E-state index in [1.165, 1.54) is 0 Å². The summed E-state index contributed by atoms with van der Waals surface area (Å²) in [6.07, 6.45) is 0. The first-order valence-electron chi connectivity index (χ1n) is 4.89. The molecule has 2 nitrogen and oxygen atoms in total. The van der Waals surface area contributed by atoms with Crippen LogP contribution < -0.4 is 0 Å². The van der Waals surface area contributed by atoms with Gasteiger partial charge in [-0.25, -0.2) is 0 Å². The van der Waals surface area contributed by atoms with Crippen LogP contribution in [0.4, 0.5) is 0 Å². The van der Waals surface area contributed by atoms with Gasteiger partial charge in [0.25, 0.3) is 0 Å². The molecule has 3 heteroatoms. The molecule has 0 fully saturated rings. The molecule has 0 saturated heterocycles. The van der Waals surface area contributed by atoms with Crippen molar-refractivity contribution in [3.05, 3.63) is 41.0 Å². The van der Waals surface area contributed by atoms with E-state index >= 15 is 0 Å². The fourth-order valence-corrected chi connectivity index (χ4v) is 1.53. The Hall–Kier alpha value is -1.28. The highest BCUT2D eigenvalue weighted by Gasteiger charge is 2.09. The third kappa shape index (κ3) is 2.21. The van der Waals surface area contributed by atoms with Gasteiger partial charge in [0.1, 0.15) is 0 Å². The lowest BCUT2D eigenvalue weighted by Crippen LogP contribution is -1.84. The minimum atomic E-state index is 0.377. The number of benzene rings is 1. The SMILES string of the molecule is CC(C)c1cc(-c2cccc(Cl)c2)on1. The monoisotopic (exact) mass is 221 g/mol. The predicted molar refractivity (Wildman–Crippen MR) is 61.0 cm³/mol. The van der Waals surface area contributed by atoms with Crippen molar-refractivity contribution < 1.29 is 4.52 Å². The van der Waals surface area contributed by atoms with Crippen LogP contribution >= 0.6 is 11.6 Å². The summed E-state index contributed by atoms with van der Waals surface area (Å²) >= 11 is 5.90. The Morgan fingerprint density at radius 3 is 2.67 bits per heavy atom. The average Bonchev–Trinajstić information content (AvgIpc) is 2.66. The quantitative estimate of drug-likeness (QED) is 0.763. The zero-order valence-electron chi connectivity index (χ0n) is 8.70. The molecule has 1 aromatic heterocycles. The highest BCUT2D eigenvalue weighted by molar-refractivity contribution is 6.30. The molecule has 1 heterocycles. The molecule has 0 aliphatic rings. The molecule has 0 aliphatic carbocycles. The Morgan fingerprint density at radius 1 is 1.27 bits per heavy atom. The Morgan fingerprint density at radius 2 is 2.07 bits per heavy atom. The van der Waals surface area contributed by atoms with Gasteiger partial charge in [-0.05, 0) is 18.1 Å². The summed E-state index contributed by atoms with van der Waals surface area (Å²) in [5.41, 5.74) is 1.92. The predicted octanol–water partition coefficient (Wildman–Crippen LogP) is 4.12. The highest BCUT2D eigenvalue weighted by Crippen LogP contribution is 2.25. The Bertz CT molecular complexity index is 462. The van der Waals surface area contributed by atoms with Gasteiger partial charge in [0.15, 0.2) is 5.76 Å². The van der Waals surface area contributed by atoms with Gasteiger partial charge in [-0.2, -0.15) is 0 Å². The lowest BCUT2D eigenvalue weighted by atomic mass is 10.1. The standard InChI is InChI=1S/C12H12ClNO/c1-8(2)11-7-12(15-14-11)9-4-3-5-10(13)6-9/h3-8H,1-2H3. The highest BCUT2D eigenvalue weighted by atomic mass is 35.5. The third-order valence-corrected chi connectivity index (χ3v) is 2.46. The van der Waals surface area contributed by atoms with Crippen molar-refractivity contribution in [2.24, 2.45) is 0 Å². The summed E-state index contributed by atoms with van der Waals surface area (Å²) in [7, 11) is 0. The van der Waals surface area contributed by atoms with Gasteiger partial charge in [-0.3, -0.25) is 0 Å². The second kappa shape index (κ2) is 4.07. The van der Waals surface area contributed by atoms with Crippen molar-refractivity contribution in [2.75, 3.05) is 0 Å². The van der Waals surface area contributed by atoms with Crippen LogP contribution in [0.2, 0.25) is 5.02 Å². The van der Waals surface area contributed by atoms with Gasteiger partial charge in [0.05, 0.1) is 5.69 Å². The molecule has 0 radical (unpaired) electrons. The van der Waals surface area contributed by atoms with E-state index < -0.39 is 0 Å². The lowest BCUT2D eigenvalue weighted by molar-refractivity contribution is 0.420. The summed E-state index contributed by atoms with van der Waals surface area (Å²) in [5, 5.41) is 4.71. The summed E-state index contributed by atoms with van der Waals surface area (Å²) < 4.78 is 5.26. The molecule has 2 aromatic rings. The van der Waals surface area contributed by atoms with E-state index in [0.29, 0.717) is 10.9 Å². The van der Waals surface area contributed by atoms with E-state index in [4.69, 9.17) is 16.1 Å². The van der Waals surface area contributed by atoms with Crippen LogP contribution in [0.1, 0.15) is 25.5 Å². The molecule has 0 saturated carbocycles. The molecule has 0 amide bonds. The zero-order chi connectivity index (χ0) is 10.8. The van der Waals surface area contributed by atoms with Crippen LogP contribution in [0.15, 0.2) is 34.9 Å². The van der Waals surface area contributed by atoms with E-state index in [9.17, 15) is 0 Å². The van der Waals surface area contributed by atoms with E-state index in [0.717, 1.165) is 17.0 Å². The summed E-state index contributed by atoms with van der Waals surface area (Å²) in [4.78, 5) is 0. The topological polar surface area (TPSA) is 26.0 Å². The molecule has 1 aromatic carbocycles. The molecule has 0 spiro atoms. The van der Waals surface area contributed by atoms with Crippen molar-refractivity contribution >= 4 is 11.6 Å². The van der Waals surface area contributed by atoms with E-state index in [1.807, 2.05) is 30.3 Å². The first-order chi connectivity index (χ1) is 7.16. The number of nitrogens with zero attached hydrogens (tertiary/aromatic N) is 1. The molecule has 0 bridgehead atoms. The average molecular weight is 222 g/mol. The minimum Gasteiger partial charge on any atom is -0.356 e. The van der Waals surface area contributed by atoms with Crippen molar-refractivity contribution in [3.8, 4) is 11.3 Å². The maximum absolute atomic E-state index is 5.90. The van der Waals surface area contributed by atoms with Crippen molar-refractivity contribution in [3.63, 3.8) is 0 Å². The van der Waals surface area contributed by atoms with E-state index in [1.54, 1.807) is 0 Å². The van der Waals surface area contributed by atoms with Crippen LogP contribution in [-0.4, -0.2) is 5.16 Å². The molecule has 0 aliphatic heterocycles. The number of hydrogen-bond acceptors (Lipinski definition) is 2. The molecular weight excluding hydrogens is 210 g/mol. The maximum Gasteiger partial charge on any atom is 0.167 e. The molecule has 0 N–H and O–H groups in total. The van der Waals surface area contributed by atoms with Crippen LogP contribution in [0, 0.1) is 0 Å². The molecule has 0 unspecified atom stereocenters. The maximum atomic E-state index is 5.90. The van der Waals surface area contributed by atoms with Crippen LogP contribution in [0.25, 0.3) is 11.3 Å². The lowest BCUT2D eigenvalue weighted by Gasteiger charge is -1.95. The fraction of sp³-hybridized carbons (Fsp3) is 0.250. The van der Waals surface area contributed by atoms with Gasteiger partial charge >= 0.3 is 0 Å². The summed E-state index contributed by atoms with van der Waals surface area (Å²) in [6.45, 7) is 4.17. The summed E-state index contributed by atoms with van der Waals surface area (Å²) in [5.74, 6) is 1.14. The van der Waals surface area contributed by atoms with Crippen molar-refractivity contribution in [2.45, 2.75) is 19.8 Å². The number of aromatic nitrogens is 1. The van der Waals surface area contributed by atoms with Gasteiger partial charge in [0, 0.05) is 16.7 Å². The van der Waals surface area contributed by atoms with Crippen LogP contribution in [0.3, 0.4) is 0 Å². The first-order valence-corrected chi connectivity index (χ1v) is 5.27. The molecule has 2 rings (SSSR count). The Labute approximate surface area is 93.9 Å². The van der Waals surface area contributed by atoms with Crippen molar-refractivity contribution in [1.82, 2.24) is 5.16 Å². The molecule has 78 valence electrons. The first kappa shape index (κ1) is 10.2. The summed E-state index contributed by atoms with van der Waals surface area (Å²) in [6, 6.07) is 9.51. The number of halogens is 1.